The topological polar surface area (TPSA) is 99.6 Å². The first-order valence-electron chi connectivity index (χ1n) is 8.80. The highest BCUT2D eigenvalue weighted by Crippen LogP contribution is 2.19. The average Bonchev–Trinajstić information content (AvgIpc) is 3.06. The van der Waals surface area contributed by atoms with Crippen LogP contribution in [-0.4, -0.2) is 45.9 Å². The van der Waals surface area contributed by atoms with Crippen LogP contribution in [-0.2, 0) is 4.79 Å². The van der Waals surface area contributed by atoms with Gasteiger partial charge >= 0.3 is 5.97 Å². The van der Waals surface area contributed by atoms with Gasteiger partial charge < -0.3 is 15.3 Å². The maximum absolute atomic E-state index is 12.7. The van der Waals surface area contributed by atoms with E-state index < -0.39 is 11.9 Å². The Hall–Kier alpha value is -3.22. The number of pyridine rings is 1. The number of rotatable bonds is 6. The molecule has 1 aliphatic rings. The first kappa shape index (κ1) is 18.6. The van der Waals surface area contributed by atoms with Crippen molar-refractivity contribution in [3.8, 4) is 0 Å². The van der Waals surface area contributed by atoms with E-state index in [0.717, 1.165) is 12.0 Å². The zero-order valence-corrected chi connectivity index (χ0v) is 15.0. The zero-order chi connectivity index (χ0) is 19.4. The van der Waals surface area contributed by atoms with Gasteiger partial charge in [0.1, 0.15) is 5.69 Å². The number of carboxylic acid groups (broad SMARTS) is 1. The minimum Gasteiger partial charge on any atom is -0.478 e. The summed E-state index contributed by atoms with van der Waals surface area (Å²) in [6, 6.07) is 11.8. The Balaban J connectivity index is 1.81. The summed E-state index contributed by atoms with van der Waals surface area (Å²) >= 11 is 0. The van der Waals surface area contributed by atoms with Crippen LogP contribution in [0.5, 0.6) is 0 Å². The van der Waals surface area contributed by atoms with Crippen molar-refractivity contribution in [1.29, 1.82) is 0 Å². The molecule has 1 aromatic heterocycles. The van der Waals surface area contributed by atoms with Gasteiger partial charge in [0.25, 0.3) is 5.91 Å². The average molecular weight is 367 g/mol. The van der Waals surface area contributed by atoms with Crippen LogP contribution in [0.2, 0.25) is 0 Å². The molecular formula is C20H21N3O4. The van der Waals surface area contributed by atoms with Crippen molar-refractivity contribution >= 4 is 17.8 Å². The highest BCUT2D eigenvalue weighted by molar-refractivity contribution is 5.94. The molecule has 1 unspecified atom stereocenters. The molecule has 2 aromatic rings. The molecule has 3 rings (SSSR count). The number of nitrogens with zero attached hydrogens (tertiary/aromatic N) is 2. The molecule has 7 nitrogen and oxygen atoms in total. The van der Waals surface area contributed by atoms with Gasteiger partial charge in [-0.25, -0.2) is 9.78 Å². The van der Waals surface area contributed by atoms with Gasteiger partial charge in [0.2, 0.25) is 5.91 Å². The van der Waals surface area contributed by atoms with Crippen molar-refractivity contribution in [1.82, 2.24) is 15.2 Å². The van der Waals surface area contributed by atoms with Crippen molar-refractivity contribution in [2.45, 2.75) is 25.8 Å². The summed E-state index contributed by atoms with van der Waals surface area (Å²) in [5.41, 5.74) is 1.38. The molecule has 1 fully saturated rings. The lowest BCUT2D eigenvalue weighted by Gasteiger charge is -2.25. The summed E-state index contributed by atoms with van der Waals surface area (Å²) in [7, 11) is 0. The van der Waals surface area contributed by atoms with Gasteiger partial charge in [0.15, 0.2) is 0 Å². The van der Waals surface area contributed by atoms with Gasteiger partial charge in [0, 0.05) is 19.5 Å². The van der Waals surface area contributed by atoms with Gasteiger partial charge in [-0.2, -0.15) is 0 Å². The first-order valence-corrected chi connectivity index (χ1v) is 8.80. The van der Waals surface area contributed by atoms with Crippen LogP contribution in [0.3, 0.4) is 0 Å². The number of hydrogen-bond acceptors (Lipinski definition) is 4. The maximum atomic E-state index is 12.7. The van der Waals surface area contributed by atoms with E-state index in [0.29, 0.717) is 19.5 Å². The lowest BCUT2D eigenvalue weighted by atomic mass is 10.1. The summed E-state index contributed by atoms with van der Waals surface area (Å²) in [5.74, 6) is -1.40. The van der Waals surface area contributed by atoms with E-state index in [9.17, 15) is 14.4 Å². The number of aromatic carboxylic acids is 1. The number of hydrogen-bond donors (Lipinski definition) is 2. The molecular weight excluding hydrogens is 346 g/mol. The Morgan fingerprint density at radius 1 is 1.22 bits per heavy atom. The van der Waals surface area contributed by atoms with E-state index in [1.54, 1.807) is 11.8 Å². The zero-order valence-electron chi connectivity index (χ0n) is 15.0. The summed E-state index contributed by atoms with van der Waals surface area (Å²) in [4.78, 5) is 41.7. The number of carbonyl (C=O) groups excluding carboxylic acids is 2. The molecule has 7 heteroatoms. The number of likely N-dealkylation sites (tertiary alicyclic amines) is 1. The highest BCUT2D eigenvalue weighted by Gasteiger charge is 2.26. The Labute approximate surface area is 157 Å². The van der Waals surface area contributed by atoms with Crippen LogP contribution >= 0.6 is 0 Å². The Morgan fingerprint density at radius 2 is 1.96 bits per heavy atom. The third-order valence-electron chi connectivity index (χ3n) is 4.63. The van der Waals surface area contributed by atoms with E-state index in [1.165, 1.54) is 12.1 Å². The predicted molar refractivity (Wildman–Crippen MR) is 98.4 cm³/mol. The van der Waals surface area contributed by atoms with Crippen molar-refractivity contribution < 1.29 is 19.5 Å². The molecule has 27 heavy (non-hydrogen) atoms. The highest BCUT2D eigenvalue weighted by atomic mass is 16.4. The van der Waals surface area contributed by atoms with Crippen LogP contribution in [0, 0.1) is 6.92 Å². The minimum absolute atomic E-state index is 0.0637. The molecule has 2 N–H and O–H groups in total. The minimum atomic E-state index is -1.08. The third-order valence-corrected chi connectivity index (χ3v) is 4.63. The standard InChI is InChI=1S/C20H21N3O4/c1-13-15(20(26)27)9-10-16(21-13)19(25)22-17(14-6-3-2-4-7-14)12-23-11-5-8-18(23)24/h2-4,6-7,9-10,17H,5,8,11-12H2,1H3,(H,22,25)(H,26,27). The molecule has 2 heterocycles. The second-order valence-corrected chi connectivity index (χ2v) is 6.51. The lowest BCUT2D eigenvalue weighted by molar-refractivity contribution is -0.128. The molecule has 1 aromatic carbocycles. The largest absolute Gasteiger partial charge is 0.478 e. The maximum Gasteiger partial charge on any atom is 0.337 e. The number of aryl methyl sites for hydroxylation is 1. The third kappa shape index (κ3) is 4.31. The fourth-order valence-electron chi connectivity index (χ4n) is 3.18. The van der Waals surface area contributed by atoms with Crippen molar-refractivity contribution in [3.63, 3.8) is 0 Å². The van der Waals surface area contributed by atoms with Gasteiger partial charge in [-0.05, 0) is 31.0 Å². The number of benzene rings is 1. The van der Waals surface area contributed by atoms with Crippen LogP contribution in [0.4, 0.5) is 0 Å². The van der Waals surface area contributed by atoms with E-state index in [4.69, 9.17) is 5.11 Å². The van der Waals surface area contributed by atoms with Gasteiger partial charge in [-0.15, -0.1) is 0 Å². The molecule has 1 aliphatic heterocycles. The number of carbonyl (C=O) groups is 3. The molecule has 1 saturated heterocycles. The molecule has 0 radical (unpaired) electrons. The van der Waals surface area contributed by atoms with Crippen LogP contribution in [0.25, 0.3) is 0 Å². The van der Waals surface area contributed by atoms with Gasteiger partial charge in [0.05, 0.1) is 17.3 Å². The molecule has 2 amide bonds. The van der Waals surface area contributed by atoms with Crippen molar-refractivity contribution in [2.24, 2.45) is 0 Å². The molecule has 0 aliphatic carbocycles. The SMILES string of the molecule is Cc1nc(C(=O)NC(CN2CCCC2=O)c2ccccc2)ccc1C(=O)O. The second-order valence-electron chi connectivity index (χ2n) is 6.51. The number of aromatic nitrogens is 1. The van der Waals surface area contributed by atoms with E-state index in [-0.39, 0.29) is 28.9 Å². The van der Waals surface area contributed by atoms with E-state index >= 15 is 0 Å². The fraction of sp³-hybridized carbons (Fsp3) is 0.300. The molecule has 1 atom stereocenters. The van der Waals surface area contributed by atoms with Crippen LogP contribution < -0.4 is 5.32 Å². The number of nitrogens with one attached hydrogen (secondary N) is 1. The quantitative estimate of drug-likeness (QED) is 0.815. The van der Waals surface area contributed by atoms with Crippen LogP contribution in [0.15, 0.2) is 42.5 Å². The van der Waals surface area contributed by atoms with Crippen molar-refractivity contribution in [2.75, 3.05) is 13.1 Å². The monoisotopic (exact) mass is 367 g/mol. The lowest BCUT2D eigenvalue weighted by Crippen LogP contribution is -2.39. The number of amides is 2. The molecule has 140 valence electrons. The molecule has 0 saturated carbocycles. The smallest absolute Gasteiger partial charge is 0.337 e. The van der Waals surface area contributed by atoms with Crippen molar-refractivity contribution in [3.05, 3.63) is 65.0 Å². The Bertz CT molecular complexity index is 867. The summed E-state index contributed by atoms with van der Waals surface area (Å²) < 4.78 is 0. The van der Waals surface area contributed by atoms with Crippen LogP contribution in [0.1, 0.15) is 51.0 Å². The molecule has 0 bridgehead atoms. The summed E-state index contributed by atoms with van der Waals surface area (Å²) in [6.07, 6.45) is 1.36. The van der Waals surface area contributed by atoms with E-state index in [1.807, 2.05) is 30.3 Å². The Kier molecular flexibility index (Phi) is 5.49. The predicted octanol–water partition coefficient (Wildman–Crippen LogP) is 2.18. The number of carboxylic acids is 1. The first-order chi connectivity index (χ1) is 13.0. The van der Waals surface area contributed by atoms with E-state index in [2.05, 4.69) is 10.3 Å². The van der Waals surface area contributed by atoms with Gasteiger partial charge in [-0.3, -0.25) is 9.59 Å². The Morgan fingerprint density at radius 3 is 2.56 bits per heavy atom. The summed E-state index contributed by atoms with van der Waals surface area (Å²) in [6.45, 7) is 2.63. The normalized spacial score (nSPS) is 14.9. The fourth-order valence-corrected chi connectivity index (χ4v) is 3.18. The van der Waals surface area contributed by atoms with Gasteiger partial charge in [-0.1, -0.05) is 30.3 Å². The summed E-state index contributed by atoms with van der Waals surface area (Å²) in [5, 5.41) is 12.0. The molecule has 0 spiro atoms. The second kappa shape index (κ2) is 7.99.